The van der Waals surface area contributed by atoms with Crippen molar-refractivity contribution in [2.45, 2.75) is 6.61 Å². The van der Waals surface area contributed by atoms with Gasteiger partial charge < -0.3 is 4.74 Å². The Morgan fingerprint density at radius 3 is 2.60 bits per heavy atom. The fourth-order valence-electron chi connectivity index (χ4n) is 3.25. The number of fused-ring (bicyclic) bond motifs is 1. The van der Waals surface area contributed by atoms with Crippen molar-refractivity contribution < 1.29 is 4.74 Å². The van der Waals surface area contributed by atoms with Crippen LogP contribution in [0.5, 0.6) is 5.19 Å². The number of nitrogens with zero attached hydrogens (tertiary/aromatic N) is 5. The molecule has 5 rings (SSSR count). The van der Waals surface area contributed by atoms with Crippen LogP contribution in [-0.4, -0.2) is 24.8 Å². The van der Waals surface area contributed by atoms with Gasteiger partial charge in [-0.05, 0) is 33.3 Å². The van der Waals surface area contributed by atoms with Crippen LogP contribution in [-0.2, 0) is 13.7 Å². The van der Waals surface area contributed by atoms with Crippen LogP contribution in [0.1, 0.15) is 5.56 Å². The van der Waals surface area contributed by atoms with Crippen LogP contribution in [0.4, 0.5) is 0 Å². The van der Waals surface area contributed by atoms with E-state index >= 15 is 0 Å². The van der Waals surface area contributed by atoms with Crippen molar-refractivity contribution in [2.75, 3.05) is 0 Å². The topological polar surface area (TPSA) is 74.8 Å². The van der Waals surface area contributed by atoms with Gasteiger partial charge in [0.05, 0.1) is 11.4 Å². The van der Waals surface area contributed by atoms with Gasteiger partial charge in [-0.3, -0.25) is 0 Å². The standard InChI is InChI=1S/C22H17N5O2S/c1-26-22(28)27(25-24-26)20-9-5-4-8-18(20)13-29-21-23-19(14-30-21)17-11-10-15-6-2-3-7-16(15)12-17/h2-12,14H,13H2,1H3. The fourth-order valence-corrected chi connectivity index (χ4v) is 3.93. The minimum Gasteiger partial charge on any atom is -0.465 e. The Labute approximate surface area is 175 Å². The van der Waals surface area contributed by atoms with E-state index in [1.54, 1.807) is 7.05 Å². The minimum atomic E-state index is -0.310. The highest BCUT2D eigenvalue weighted by Gasteiger charge is 2.12. The van der Waals surface area contributed by atoms with Crippen LogP contribution in [0, 0.1) is 0 Å². The third-order valence-corrected chi connectivity index (χ3v) is 5.57. The van der Waals surface area contributed by atoms with Crippen molar-refractivity contribution in [3.63, 3.8) is 0 Å². The maximum atomic E-state index is 12.2. The molecule has 30 heavy (non-hydrogen) atoms. The number of benzene rings is 3. The summed E-state index contributed by atoms with van der Waals surface area (Å²) in [7, 11) is 1.56. The Morgan fingerprint density at radius 1 is 0.967 bits per heavy atom. The molecule has 0 saturated carbocycles. The molecular weight excluding hydrogens is 398 g/mol. The van der Waals surface area contributed by atoms with Crippen LogP contribution < -0.4 is 10.4 Å². The summed E-state index contributed by atoms with van der Waals surface area (Å²) in [5.41, 5.74) is 3.07. The molecule has 148 valence electrons. The van der Waals surface area contributed by atoms with Gasteiger partial charge in [-0.1, -0.05) is 65.9 Å². The quantitative estimate of drug-likeness (QED) is 0.436. The summed E-state index contributed by atoms with van der Waals surface area (Å²) >= 11 is 1.44. The summed E-state index contributed by atoms with van der Waals surface area (Å²) in [6, 6.07) is 22.0. The SMILES string of the molecule is Cn1nnn(-c2ccccc2COc2nc(-c3ccc4ccccc4c3)cs2)c1=O. The molecule has 0 N–H and O–H groups in total. The maximum Gasteiger partial charge on any atom is 0.368 e. The molecule has 0 radical (unpaired) electrons. The number of aryl methyl sites for hydroxylation is 1. The first-order valence-electron chi connectivity index (χ1n) is 9.34. The molecule has 2 aromatic heterocycles. The van der Waals surface area contributed by atoms with Gasteiger partial charge in [0.25, 0.3) is 5.19 Å². The predicted molar refractivity (Wildman–Crippen MR) is 116 cm³/mol. The van der Waals surface area contributed by atoms with Gasteiger partial charge >= 0.3 is 5.69 Å². The third kappa shape index (κ3) is 3.37. The first kappa shape index (κ1) is 18.3. The van der Waals surface area contributed by atoms with Crippen molar-refractivity contribution in [1.82, 2.24) is 24.8 Å². The summed E-state index contributed by atoms with van der Waals surface area (Å²) < 4.78 is 8.38. The lowest BCUT2D eigenvalue weighted by molar-refractivity contribution is 0.304. The largest absolute Gasteiger partial charge is 0.465 e. The molecule has 7 nitrogen and oxygen atoms in total. The molecule has 0 aliphatic rings. The zero-order valence-corrected chi connectivity index (χ0v) is 16.9. The van der Waals surface area contributed by atoms with E-state index in [9.17, 15) is 4.79 Å². The van der Waals surface area contributed by atoms with E-state index in [1.165, 1.54) is 31.5 Å². The molecule has 0 bridgehead atoms. The molecule has 0 unspecified atom stereocenters. The molecule has 0 amide bonds. The van der Waals surface area contributed by atoms with E-state index in [-0.39, 0.29) is 12.3 Å². The summed E-state index contributed by atoms with van der Waals surface area (Å²) in [5, 5.41) is 12.6. The highest BCUT2D eigenvalue weighted by Crippen LogP contribution is 2.29. The summed E-state index contributed by atoms with van der Waals surface area (Å²) in [4.78, 5) is 16.8. The Kier molecular flexibility index (Phi) is 4.61. The van der Waals surface area contributed by atoms with Crippen LogP contribution in [0.3, 0.4) is 0 Å². The van der Waals surface area contributed by atoms with Crippen molar-refractivity contribution in [1.29, 1.82) is 0 Å². The number of ether oxygens (including phenoxy) is 1. The lowest BCUT2D eigenvalue weighted by Crippen LogP contribution is -2.23. The summed E-state index contributed by atoms with van der Waals surface area (Å²) in [6.07, 6.45) is 0. The first-order chi connectivity index (χ1) is 14.7. The molecule has 2 heterocycles. The van der Waals surface area contributed by atoms with Gasteiger partial charge in [0.15, 0.2) is 0 Å². The number of tetrazole rings is 1. The highest BCUT2D eigenvalue weighted by molar-refractivity contribution is 7.11. The number of para-hydroxylation sites is 1. The van der Waals surface area contributed by atoms with E-state index in [1.807, 2.05) is 41.8 Å². The van der Waals surface area contributed by atoms with E-state index in [0.29, 0.717) is 10.9 Å². The fraction of sp³-hybridized carbons (Fsp3) is 0.0909. The van der Waals surface area contributed by atoms with Crippen LogP contribution in [0.2, 0.25) is 0 Å². The molecule has 3 aromatic carbocycles. The van der Waals surface area contributed by atoms with Crippen LogP contribution >= 0.6 is 11.3 Å². The molecular formula is C22H17N5O2S. The number of thiazole rings is 1. The number of aromatic nitrogens is 5. The molecule has 8 heteroatoms. The van der Waals surface area contributed by atoms with E-state index < -0.39 is 0 Å². The second-order valence-electron chi connectivity index (χ2n) is 6.77. The van der Waals surface area contributed by atoms with Crippen LogP contribution in [0.15, 0.2) is 76.9 Å². The van der Waals surface area contributed by atoms with Crippen LogP contribution in [0.25, 0.3) is 27.7 Å². The molecule has 0 atom stereocenters. The monoisotopic (exact) mass is 415 g/mol. The number of hydrogen-bond acceptors (Lipinski definition) is 6. The van der Waals surface area contributed by atoms with E-state index in [4.69, 9.17) is 4.74 Å². The van der Waals surface area contributed by atoms with Crippen molar-refractivity contribution >= 4 is 22.1 Å². The average molecular weight is 415 g/mol. The van der Waals surface area contributed by atoms with Gasteiger partial charge in [-0.25, -0.2) is 9.78 Å². The highest BCUT2D eigenvalue weighted by atomic mass is 32.1. The number of hydrogen-bond donors (Lipinski definition) is 0. The Balaban J connectivity index is 1.38. The number of rotatable bonds is 5. The lowest BCUT2D eigenvalue weighted by atomic mass is 10.1. The van der Waals surface area contributed by atoms with E-state index in [0.717, 1.165) is 16.8 Å². The zero-order chi connectivity index (χ0) is 20.5. The lowest BCUT2D eigenvalue weighted by Gasteiger charge is -2.08. The van der Waals surface area contributed by atoms with Gasteiger partial charge in [0, 0.05) is 23.6 Å². The van der Waals surface area contributed by atoms with Gasteiger partial charge in [0.1, 0.15) is 6.61 Å². The maximum absolute atomic E-state index is 12.2. The first-order valence-corrected chi connectivity index (χ1v) is 10.2. The minimum absolute atomic E-state index is 0.268. The van der Waals surface area contributed by atoms with Gasteiger partial charge in [-0.2, -0.15) is 9.36 Å². The van der Waals surface area contributed by atoms with E-state index in [2.05, 4.69) is 45.7 Å². The molecule has 0 saturated heterocycles. The van der Waals surface area contributed by atoms with Crippen molar-refractivity contribution in [3.8, 4) is 22.1 Å². The Morgan fingerprint density at radius 2 is 1.77 bits per heavy atom. The predicted octanol–water partition coefficient (Wildman–Crippen LogP) is 3.82. The molecule has 0 spiro atoms. The average Bonchev–Trinajstić information content (AvgIpc) is 3.39. The Bertz CT molecular complexity index is 1400. The summed E-state index contributed by atoms with van der Waals surface area (Å²) in [6.45, 7) is 0.268. The van der Waals surface area contributed by atoms with Gasteiger partial charge in [-0.15, -0.1) is 0 Å². The second-order valence-corrected chi connectivity index (χ2v) is 7.60. The molecule has 0 fully saturated rings. The normalized spacial score (nSPS) is 11.1. The molecule has 0 aliphatic carbocycles. The zero-order valence-electron chi connectivity index (χ0n) is 16.1. The van der Waals surface area contributed by atoms with Crippen molar-refractivity contribution in [2.24, 2.45) is 7.05 Å². The second kappa shape index (κ2) is 7.57. The third-order valence-electron chi connectivity index (χ3n) is 4.82. The van der Waals surface area contributed by atoms with Gasteiger partial charge in [0.2, 0.25) is 0 Å². The molecule has 5 aromatic rings. The molecule has 0 aliphatic heterocycles. The summed E-state index contributed by atoms with van der Waals surface area (Å²) in [5.74, 6) is 0. The smallest absolute Gasteiger partial charge is 0.368 e. The Hall–Kier alpha value is -3.78. The van der Waals surface area contributed by atoms with Crippen molar-refractivity contribution in [3.05, 3.63) is 88.2 Å².